The highest BCUT2D eigenvalue weighted by Crippen LogP contribution is 2.36. The largest absolute Gasteiger partial charge is 0.497 e. The molecule has 0 saturated carbocycles. The molecule has 0 aliphatic rings. The van der Waals surface area contributed by atoms with Crippen molar-refractivity contribution in [2.45, 2.75) is 5.38 Å². The molecule has 0 saturated heterocycles. The molecule has 0 amide bonds. The number of rotatable bonds is 3. The number of alkyl halides is 1. The Morgan fingerprint density at radius 1 is 1.29 bits per heavy atom. The molecule has 1 aromatic carbocycles. The molecule has 1 aromatic heterocycles. The zero-order chi connectivity index (χ0) is 12.4. The Morgan fingerprint density at radius 2 is 1.94 bits per heavy atom. The van der Waals surface area contributed by atoms with E-state index in [1.165, 1.54) is 18.4 Å². The zero-order valence-electron chi connectivity index (χ0n) is 8.91. The lowest BCUT2D eigenvalue weighted by molar-refractivity contribution is 0.405. The molecular weight excluding hydrogens is 266 g/mol. The average Bonchev–Trinajstić information content (AvgIpc) is 2.81. The smallest absolute Gasteiger partial charge is 0.134 e. The first-order chi connectivity index (χ1) is 8.13. The molecular formula is C12H9ClF2OS. The van der Waals surface area contributed by atoms with Gasteiger partial charge < -0.3 is 4.74 Å². The zero-order valence-corrected chi connectivity index (χ0v) is 10.5. The summed E-state index contributed by atoms with van der Waals surface area (Å²) in [4.78, 5) is 0.703. The summed E-state index contributed by atoms with van der Waals surface area (Å²) in [5.74, 6) is -1.26. The minimum atomic E-state index is -0.819. The fourth-order valence-corrected chi connectivity index (χ4v) is 2.64. The molecule has 0 N–H and O–H groups in total. The first-order valence-corrected chi connectivity index (χ1v) is 6.15. The Morgan fingerprint density at radius 3 is 2.41 bits per heavy atom. The molecule has 1 atom stereocenters. The highest BCUT2D eigenvalue weighted by Gasteiger charge is 2.21. The Labute approximate surface area is 107 Å². The van der Waals surface area contributed by atoms with Gasteiger partial charge in [-0.05, 0) is 11.4 Å². The number of hydrogen-bond acceptors (Lipinski definition) is 2. The lowest BCUT2D eigenvalue weighted by Gasteiger charge is -2.11. The SMILES string of the molecule is COc1cc(F)c(C(Cl)c2cccs2)c(F)c1. The summed E-state index contributed by atoms with van der Waals surface area (Å²) >= 11 is 7.43. The van der Waals surface area contributed by atoms with Crippen LogP contribution < -0.4 is 4.74 Å². The predicted octanol–water partition coefficient (Wildman–Crippen LogP) is 4.36. The third-order valence-corrected chi connectivity index (χ3v) is 3.85. The van der Waals surface area contributed by atoms with Crippen molar-refractivity contribution in [2.75, 3.05) is 7.11 Å². The predicted molar refractivity (Wildman–Crippen MR) is 64.9 cm³/mol. The van der Waals surface area contributed by atoms with Crippen LogP contribution in [0, 0.1) is 11.6 Å². The Bertz CT molecular complexity index is 490. The number of methoxy groups -OCH3 is 1. The number of ether oxygens (including phenoxy) is 1. The van der Waals surface area contributed by atoms with Gasteiger partial charge in [0.1, 0.15) is 17.4 Å². The van der Waals surface area contributed by atoms with Crippen molar-refractivity contribution in [3.05, 3.63) is 51.7 Å². The molecule has 0 aliphatic heterocycles. The van der Waals surface area contributed by atoms with Crippen LogP contribution in [0.3, 0.4) is 0 Å². The Balaban J connectivity index is 2.45. The lowest BCUT2D eigenvalue weighted by atomic mass is 10.1. The minimum absolute atomic E-state index is 0.138. The molecule has 1 nitrogen and oxygen atoms in total. The van der Waals surface area contributed by atoms with Crippen molar-refractivity contribution in [3.63, 3.8) is 0 Å². The molecule has 90 valence electrons. The Hall–Kier alpha value is -1.13. The van der Waals surface area contributed by atoms with E-state index in [2.05, 4.69) is 0 Å². The van der Waals surface area contributed by atoms with Crippen molar-refractivity contribution in [3.8, 4) is 5.75 Å². The van der Waals surface area contributed by atoms with Gasteiger partial charge in [-0.1, -0.05) is 6.07 Å². The average molecular weight is 275 g/mol. The monoisotopic (exact) mass is 274 g/mol. The second-order valence-corrected chi connectivity index (χ2v) is 4.80. The van der Waals surface area contributed by atoms with Gasteiger partial charge in [-0.2, -0.15) is 0 Å². The minimum Gasteiger partial charge on any atom is -0.497 e. The summed E-state index contributed by atoms with van der Waals surface area (Å²) in [5.41, 5.74) is -0.144. The van der Waals surface area contributed by atoms with Crippen LogP contribution in [0.4, 0.5) is 8.78 Å². The van der Waals surface area contributed by atoms with Crippen molar-refractivity contribution in [1.82, 2.24) is 0 Å². The first kappa shape index (κ1) is 12.3. The van der Waals surface area contributed by atoms with E-state index in [-0.39, 0.29) is 11.3 Å². The Kier molecular flexibility index (Phi) is 3.64. The number of hydrogen-bond donors (Lipinski definition) is 0. The van der Waals surface area contributed by atoms with Crippen LogP contribution in [-0.4, -0.2) is 7.11 Å². The maximum Gasteiger partial charge on any atom is 0.134 e. The fraction of sp³-hybridized carbons (Fsp3) is 0.167. The van der Waals surface area contributed by atoms with Crippen LogP contribution in [0.2, 0.25) is 0 Å². The number of halogens is 3. The van der Waals surface area contributed by atoms with Gasteiger partial charge in [0.25, 0.3) is 0 Å². The van der Waals surface area contributed by atoms with E-state index in [0.29, 0.717) is 4.88 Å². The van der Waals surface area contributed by atoms with Gasteiger partial charge in [0.05, 0.1) is 12.5 Å². The second-order valence-electron chi connectivity index (χ2n) is 3.38. The molecule has 2 rings (SSSR count). The van der Waals surface area contributed by atoms with Crippen LogP contribution in [0.1, 0.15) is 15.8 Å². The topological polar surface area (TPSA) is 9.23 Å². The molecule has 0 fully saturated rings. The molecule has 0 spiro atoms. The highest BCUT2D eigenvalue weighted by atomic mass is 35.5. The third-order valence-electron chi connectivity index (χ3n) is 2.33. The van der Waals surface area contributed by atoms with Crippen LogP contribution in [-0.2, 0) is 0 Å². The van der Waals surface area contributed by atoms with E-state index in [1.54, 1.807) is 12.1 Å². The van der Waals surface area contributed by atoms with E-state index >= 15 is 0 Å². The maximum atomic E-state index is 13.7. The molecule has 2 aromatic rings. The van der Waals surface area contributed by atoms with Gasteiger partial charge in [0.2, 0.25) is 0 Å². The van der Waals surface area contributed by atoms with Gasteiger partial charge in [0, 0.05) is 22.6 Å². The second kappa shape index (κ2) is 5.02. The summed E-state index contributed by atoms with van der Waals surface area (Å²) in [6.45, 7) is 0. The highest BCUT2D eigenvalue weighted by molar-refractivity contribution is 7.10. The molecule has 1 heterocycles. The standard InChI is InChI=1S/C12H9ClF2OS/c1-16-7-5-8(14)11(9(15)6-7)12(13)10-3-2-4-17-10/h2-6,12H,1H3. The summed E-state index contributed by atoms with van der Waals surface area (Å²) in [6.07, 6.45) is 0. The summed E-state index contributed by atoms with van der Waals surface area (Å²) in [7, 11) is 1.35. The first-order valence-electron chi connectivity index (χ1n) is 4.84. The molecule has 1 unspecified atom stereocenters. The van der Waals surface area contributed by atoms with Gasteiger partial charge >= 0.3 is 0 Å². The van der Waals surface area contributed by atoms with E-state index in [9.17, 15) is 8.78 Å². The van der Waals surface area contributed by atoms with E-state index in [0.717, 1.165) is 12.1 Å². The van der Waals surface area contributed by atoms with Gasteiger partial charge in [-0.15, -0.1) is 22.9 Å². The molecule has 17 heavy (non-hydrogen) atoms. The van der Waals surface area contributed by atoms with Gasteiger partial charge in [-0.3, -0.25) is 0 Å². The molecule has 0 aliphatic carbocycles. The van der Waals surface area contributed by atoms with Crippen LogP contribution in [0.15, 0.2) is 29.6 Å². The van der Waals surface area contributed by atoms with Crippen molar-refractivity contribution >= 4 is 22.9 Å². The van der Waals surface area contributed by atoms with Crippen molar-refractivity contribution in [2.24, 2.45) is 0 Å². The number of thiophene rings is 1. The van der Waals surface area contributed by atoms with E-state index < -0.39 is 17.0 Å². The molecule has 0 radical (unpaired) electrons. The normalized spacial score (nSPS) is 12.5. The van der Waals surface area contributed by atoms with Gasteiger partial charge in [0.15, 0.2) is 0 Å². The van der Waals surface area contributed by atoms with Crippen molar-refractivity contribution < 1.29 is 13.5 Å². The quantitative estimate of drug-likeness (QED) is 0.756. The molecule has 0 bridgehead atoms. The summed E-state index contributed by atoms with van der Waals surface area (Å²) in [5, 5.41) is 0.991. The summed E-state index contributed by atoms with van der Waals surface area (Å²) < 4.78 is 32.3. The fourth-order valence-electron chi connectivity index (χ4n) is 1.50. The van der Waals surface area contributed by atoms with Gasteiger partial charge in [-0.25, -0.2) is 8.78 Å². The lowest BCUT2D eigenvalue weighted by Crippen LogP contribution is -2.00. The maximum absolute atomic E-state index is 13.7. The van der Waals surface area contributed by atoms with Crippen molar-refractivity contribution in [1.29, 1.82) is 0 Å². The van der Waals surface area contributed by atoms with E-state index in [1.807, 2.05) is 5.38 Å². The van der Waals surface area contributed by atoms with E-state index in [4.69, 9.17) is 16.3 Å². The van der Waals surface area contributed by atoms with Crippen LogP contribution in [0.5, 0.6) is 5.75 Å². The number of benzene rings is 1. The third kappa shape index (κ3) is 2.42. The summed E-state index contributed by atoms with van der Waals surface area (Å²) in [6, 6.07) is 5.78. The van der Waals surface area contributed by atoms with Crippen LogP contribution >= 0.6 is 22.9 Å². The van der Waals surface area contributed by atoms with Crippen LogP contribution in [0.25, 0.3) is 0 Å². The molecule has 5 heteroatoms.